The van der Waals surface area contributed by atoms with E-state index in [2.05, 4.69) is 15.2 Å². The number of hydrogen-bond donors (Lipinski definition) is 0. The molecule has 0 aliphatic heterocycles. The molecular formula is C14H12ClN3OS3. The minimum Gasteiger partial charge on any atom is -0.415 e. The van der Waals surface area contributed by atoms with Crippen molar-refractivity contribution in [2.75, 3.05) is 6.26 Å². The van der Waals surface area contributed by atoms with E-state index in [1.807, 2.05) is 35.9 Å². The summed E-state index contributed by atoms with van der Waals surface area (Å²) in [6.45, 7) is 0. The van der Waals surface area contributed by atoms with Crippen molar-refractivity contribution in [3.8, 4) is 10.6 Å². The van der Waals surface area contributed by atoms with Crippen molar-refractivity contribution in [1.82, 2.24) is 15.2 Å². The van der Waals surface area contributed by atoms with Crippen molar-refractivity contribution in [1.29, 1.82) is 0 Å². The van der Waals surface area contributed by atoms with Gasteiger partial charge < -0.3 is 4.42 Å². The SMILES string of the molecule is CSCc1nnc(SCc2csc(-c3ccccc3Cl)n2)o1. The van der Waals surface area contributed by atoms with Crippen molar-refractivity contribution in [3.63, 3.8) is 0 Å². The van der Waals surface area contributed by atoms with Gasteiger partial charge in [-0.05, 0) is 12.3 Å². The quantitative estimate of drug-likeness (QED) is 0.570. The van der Waals surface area contributed by atoms with E-state index in [9.17, 15) is 0 Å². The number of rotatable bonds is 6. The van der Waals surface area contributed by atoms with Gasteiger partial charge in [-0.2, -0.15) is 11.8 Å². The molecule has 0 radical (unpaired) electrons. The van der Waals surface area contributed by atoms with Crippen LogP contribution in [0.1, 0.15) is 11.6 Å². The third kappa shape index (κ3) is 3.84. The van der Waals surface area contributed by atoms with Gasteiger partial charge in [0.2, 0.25) is 5.89 Å². The van der Waals surface area contributed by atoms with Crippen LogP contribution in [0.5, 0.6) is 0 Å². The van der Waals surface area contributed by atoms with Gasteiger partial charge in [0.15, 0.2) is 0 Å². The molecule has 0 amide bonds. The molecule has 0 unspecified atom stereocenters. The predicted molar refractivity (Wildman–Crippen MR) is 93.6 cm³/mol. The number of benzene rings is 1. The lowest BCUT2D eigenvalue weighted by Gasteiger charge is -1.98. The van der Waals surface area contributed by atoms with E-state index in [0.717, 1.165) is 27.0 Å². The molecule has 0 spiro atoms. The molecule has 0 aliphatic rings. The van der Waals surface area contributed by atoms with E-state index in [1.165, 1.54) is 11.8 Å². The van der Waals surface area contributed by atoms with Crippen LogP contribution in [0.4, 0.5) is 0 Å². The zero-order valence-corrected chi connectivity index (χ0v) is 14.9. The van der Waals surface area contributed by atoms with E-state index in [0.29, 0.717) is 16.9 Å². The van der Waals surface area contributed by atoms with Gasteiger partial charge in [-0.1, -0.05) is 41.6 Å². The number of halogens is 1. The normalized spacial score (nSPS) is 11.0. The first-order valence-corrected chi connectivity index (χ1v) is 10.0. The van der Waals surface area contributed by atoms with Gasteiger partial charge in [0, 0.05) is 16.7 Å². The van der Waals surface area contributed by atoms with Gasteiger partial charge in [-0.25, -0.2) is 4.98 Å². The number of nitrogens with zero attached hydrogens (tertiary/aromatic N) is 3. The number of hydrogen-bond acceptors (Lipinski definition) is 7. The highest BCUT2D eigenvalue weighted by molar-refractivity contribution is 7.98. The summed E-state index contributed by atoms with van der Waals surface area (Å²) in [5, 5.41) is 12.3. The van der Waals surface area contributed by atoms with Crippen LogP contribution in [0.2, 0.25) is 5.02 Å². The van der Waals surface area contributed by atoms with E-state index in [1.54, 1.807) is 23.1 Å². The molecule has 0 saturated carbocycles. The molecule has 0 bridgehead atoms. The molecule has 8 heteroatoms. The first kappa shape index (κ1) is 15.9. The minimum atomic E-state index is 0.580. The van der Waals surface area contributed by atoms with Crippen LogP contribution in [0.25, 0.3) is 10.6 Å². The second kappa shape index (κ2) is 7.50. The summed E-state index contributed by atoms with van der Waals surface area (Å²) in [5.41, 5.74) is 1.94. The van der Waals surface area contributed by atoms with Gasteiger partial charge in [-0.3, -0.25) is 0 Å². The highest BCUT2D eigenvalue weighted by Gasteiger charge is 2.10. The molecule has 4 nitrogen and oxygen atoms in total. The largest absolute Gasteiger partial charge is 0.415 e. The Morgan fingerprint density at radius 1 is 1.23 bits per heavy atom. The molecule has 114 valence electrons. The summed E-state index contributed by atoms with van der Waals surface area (Å²) in [6.07, 6.45) is 2.00. The minimum absolute atomic E-state index is 0.580. The molecule has 2 aromatic heterocycles. The van der Waals surface area contributed by atoms with Gasteiger partial charge in [-0.15, -0.1) is 21.5 Å². The monoisotopic (exact) mass is 369 g/mol. The molecular weight excluding hydrogens is 358 g/mol. The molecule has 0 saturated heterocycles. The third-order valence-electron chi connectivity index (χ3n) is 2.72. The Balaban J connectivity index is 1.65. The van der Waals surface area contributed by atoms with Crippen LogP contribution in [-0.2, 0) is 11.5 Å². The first-order chi connectivity index (χ1) is 10.8. The van der Waals surface area contributed by atoms with Crippen LogP contribution in [-0.4, -0.2) is 21.4 Å². The fourth-order valence-corrected chi connectivity index (χ4v) is 4.03. The van der Waals surface area contributed by atoms with Crippen LogP contribution in [0.15, 0.2) is 39.3 Å². The predicted octanol–water partition coefficient (Wildman–Crippen LogP) is 5.00. The number of thiazole rings is 1. The number of aromatic nitrogens is 3. The zero-order chi connectivity index (χ0) is 15.4. The van der Waals surface area contributed by atoms with Crippen LogP contribution in [0, 0.1) is 0 Å². The average molecular weight is 370 g/mol. The van der Waals surface area contributed by atoms with Gasteiger partial charge in [0.25, 0.3) is 5.22 Å². The van der Waals surface area contributed by atoms with Gasteiger partial charge >= 0.3 is 0 Å². The molecule has 1 aromatic carbocycles. The highest BCUT2D eigenvalue weighted by atomic mass is 35.5. The van der Waals surface area contributed by atoms with Crippen molar-refractivity contribution >= 4 is 46.5 Å². The maximum absolute atomic E-state index is 6.20. The second-order valence-electron chi connectivity index (χ2n) is 4.31. The molecule has 22 heavy (non-hydrogen) atoms. The Morgan fingerprint density at radius 2 is 2.09 bits per heavy atom. The smallest absolute Gasteiger partial charge is 0.276 e. The molecule has 3 rings (SSSR count). The Labute approximate surface area is 145 Å². The van der Waals surface area contributed by atoms with Crippen molar-refractivity contribution in [2.24, 2.45) is 0 Å². The lowest BCUT2D eigenvalue weighted by Crippen LogP contribution is -1.83. The van der Waals surface area contributed by atoms with Crippen LogP contribution >= 0.6 is 46.5 Å². The summed E-state index contributed by atoms with van der Waals surface area (Å²) < 4.78 is 5.53. The Bertz CT molecular complexity index is 759. The first-order valence-electron chi connectivity index (χ1n) is 6.39. The standard InChI is InChI=1S/C14H12ClN3OS3/c1-20-8-12-17-18-14(19-12)22-7-9-6-21-13(16-9)10-4-2-3-5-11(10)15/h2-6H,7-8H2,1H3. The summed E-state index contributed by atoms with van der Waals surface area (Å²) in [5.74, 6) is 2.09. The molecule has 0 atom stereocenters. The van der Waals surface area contributed by atoms with E-state index in [4.69, 9.17) is 16.0 Å². The Kier molecular flexibility index (Phi) is 5.41. The molecule has 0 N–H and O–H groups in total. The van der Waals surface area contributed by atoms with E-state index in [-0.39, 0.29) is 0 Å². The molecule has 0 aliphatic carbocycles. The third-order valence-corrected chi connectivity index (χ3v) is 5.36. The zero-order valence-electron chi connectivity index (χ0n) is 11.7. The summed E-state index contributed by atoms with van der Waals surface area (Å²) in [7, 11) is 0. The lowest BCUT2D eigenvalue weighted by atomic mass is 10.2. The fourth-order valence-electron chi connectivity index (χ4n) is 1.75. The summed E-state index contributed by atoms with van der Waals surface area (Å²) >= 11 is 10.9. The topological polar surface area (TPSA) is 51.8 Å². The summed E-state index contributed by atoms with van der Waals surface area (Å²) in [6, 6.07) is 7.73. The number of thioether (sulfide) groups is 2. The van der Waals surface area contributed by atoms with Crippen molar-refractivity contribution < 1.29 is 4.42 Å². The maximum Gasteiger partial charge on any atom is 0.276 e. The fraction of sp³-hybridized carbons (Fsp3) is 0.214. The van der Waals surface area contributed by atoms with Gasteiger partial charge in [0.1, 0.15) is 5.01 Å². The average Bonchev–Trinajstić information content (AvgIpc) is 3.15. The Morgan fingerprint density at radius 3 is 2.91 bits per heavy atom. The molecule has 2 heterocycles. The maximum atomic E-state index is 6.20. The summed E-state index contributed by atoms with van der Waals surface area (Å²) in [4.78, 5) is 4.62. The second-order valence-corrected chi connectivity index (χ2v) is 7.37. The lowest BCUT2D eigenvalue weighted by molar-refractivity contribution is 0.426. The van der Waals surface area contributed by atoms with E-state index >= 15 is 0 Å². The van der Waals surface area contributed by atoms with Crippen molar-refractivity contribution in [3.05, 3.63) is 46.3 Å². The van der Waals surface area contributed by atoms with Crippen LogP contribution in [0.3, 0.4) is 0 Å². The molecule has 0 fully saturated rings. The highest BCUT2D eigenvalue weighted by Crippen LogP contribution is 2.31. The Hall–Kier alpha value is -1.02. The molecule has 3 aromatic rings. The van der Waals surface area contributed by atoms with E-state index < -0.39 is 0 Å². The van der Waals surface area contributed by atoms with Crippen LogP contribution < -0.4 is 0 Å². The van der Waals surface area contributed by atoms with Crippen molar-refractivity contribution in [2.45, 2.75) is 16.7 Å². The van der Waals surface area contributed by atoms with Gasteiger partial charge in [0.05, 0.1) is 16.5 Å².